The normalized spacial score (nSPS) is 10.3. The molecule has 0 atom stereocenters. The maximum absolute atomic E-state index is 11.7. The molecule has 0 bridgehead atoms. The van der Waals surface area contributed by atoms with Crippen molar-refractivity contribution in [1.82, 2.24) is 10.3 Å². The van der Waals surface area contributed by atoms with Crippen LogP contribution in [0.5, 0.6) is 0 Å². The summed E-state index contributed by atoms with van der Waals surface area (Å²) >= 11 is 0. The molecule has 19 heavy (non-hydrogen) atoms. The second kappa shape index (κ2) is 7.35. The van der Waals surface area contributed by atoms with Crippen LogP contribution in [0.1, 0.15) is 37.2 Å². The highest BCUT2D eigenvalue weighted by molar-refractivity contribution is 5.98. The number of carbonyl (C=O) groups excluding carboxylic acids is 1. The molecule has 2 amide bonds. The number of carbonyl (C=O) groups is 2. The average molecular weight is 265 g/mol. The second-order valence-corrected chi connectivity index (χ2v) is 4.22. The molecule has 0 fully saturated rings. The van der Waals surface area contributed by atoms with Gasteiger partial charge in [-0.3, -0.25) is 0 Å². The predicted molar refractivity (Wildman–Crippen MR) is 72.3 cm³/mol. The molecule has 0 aromatic carbocycles. The molecule has 6 heteroatoms. The van der Waals surface area contributed by atoms with E-state index in [1.165, 1.54) is 12.3 Å². The summed E-state index contributed by atoms with van der Waals surface area (Å²) in [6.45, 7) is 4.70. The van der Waals surface area contributed by atoms with E-state index in [1.54, 1.807) is 6.07 Å². The third kappa shape index (κ3) is 4.57. The van der Waals surface area contributed by atoms with E-state index in [-0.39, 0.29) is 11.4 Å². The van der Waals surface area contributed by atoms with Crippen LogP contribution in [0, 0.1) is 5.92 Å². The van der Waals surface area contributed by atoms with Gasteiger partial charge in [-0.05, 0) is 18.1 Å². The number of nitrogens with one attached hydrogen (secondary N) is 2. The number of anilines is 1. The molecule has 1 heterocycles. The highest BCUT2D eigenvalue weighted by Crippen LogP contribution is 2.12. The summed E-state index contributed by atoms with van der Waals surface area (Å²) in [5.41, 5.74) is 0.0252. The molecule has 1 rings (SSSR count). The maximum atomic E-state index is 11.7. The van der Waals surface area contributed by atoms with Crippen LogP contribution in [0.2, 0.25) is 0 Å². The van der Waals surface area contributed by atoms with Gasteiger partial charge < -0.3 is 15.7 Å². The summed E-state index contributed by atoms with van der Waals surface area (Å²) in [5, 5.41) is 14.2. The molecule has 1 aromatic rings. The topological polar surface area (TPSA) is 91.3 Å². The van der Waals surface area contributed by atoms with Gasteiger partial charge in [-0.25, -0.2) is 14.6 Å². The number of pyridine rings is 1. The van der Waals surface area contributed by atoms with Crippen LogP contribution in [0.4, 0.5) is 10.5 Å². The second-order valence-electron chi connectivity index (χ2n) is 4.22. The highest BCUT2D eigenvalue weighted by Gasteiger charge is 2.13. The van der Waals surface area contributed by atoms with E-state index >= 15 is 0 Å². The quantitative estimate of drug-likeness (QED) is 0.736. The van der Waals surface area contributed by atoms with Gasteiger partial charge in [0, 0.05) is 12.7 Å². The minimum absolute atomic E-state index is 0.166. The first-order valence-electron chi connectivity index (χ1n) is 6.31. The van der Waals surface area contributed by atoms with Crippen molar-refractivity contribution in [3.05, 3.63) is 24.0 Å². The molecule has 104 valence electrons. The van der Waals surface area contributed by atoms with Crippen LogP contribution in [-0.4, -0.2) is 28.6 Å². The average Bonchev–Trinajstić information content (AvgIpc) is 2.40. The lowest BCUT2D eigenvalue weighted by Crippen LogP contribution is -2.33. The molecule has 0 aliphatic heterocycles. The molecular weight excluding hydrogens is 246 g/mol. The number of nitrogens with zero attached hydrogens (tertiary/aromatic N) is 1. The van der Waals surface area contributed by atoms with Gasteiger partial charge in [0.15, 0.2) is 5.69 Å². The smallest absolute Gasteiger partial charge is 0.356 e. The number of urea groups is 1. The van der Waals surface area contributed by atoms with Crippen molar-refractivity contribution in [2.24, 2.45) is 5.92 Å². The zero-order chi connectivity index (χ0) is 14.3. The van der Waals surface area contributed by atoms with Crippen LogP contribution in [0.3, 0.4) is 0 Å². The number of carboxylic acid groups (broad SMARTS) is 1. The molecule has 6 nitrogen and oxygen atoms in total. The first kappa shape index (κ1) is 14.9. The Morgan fingerprint density at radius 3 is 2.63 bits per heavy atom. The summed E-state index contributed by atoms with van der Waals surface area (Å²) in [5.74, 6) is -0.741. The van der Waals surface area contributed by atoms with Gasteiger partial charge in [0.05, 0.1) is 5.69 Å². The summed E-state index contributed by atoms with van der Waals surface area (Å²) in [7, 11) is 0. The van der Waals surface area contributed by atoms with Crippen LogP contribution >= 0.6 is 0 Å². The first-order chi connectivity index (χ1) is 9.08. The number of rotatable bonds is 6. The summed E-state index contributed by atoms with van der Waals surface area (Å²) in [6, 6.07) is 2.67. The zero-order valence-corrected chi connectivity index (χ0v) is 11.1. The summed E-state index contributed by atoms with van der Waals surface area (Å²) in [4.78, 5) is 26.3. The van der Waals surface area contributed by atoms with Crippen LogP contribution < -0.4 is 10.6 Å². The summed E-state index contributed by atoms with van der Waals surface area (Å²) in [6.07, 6.45) is 3.35. The minimum atomic E-state index is -1.17. The largest absolute Gasteiger partial charge is 0.476 e. The van der Waals surface area contributed by atoms with E-state index in [4.69, 9.17) is 5.11 Å². The van der Waals surface area contributed by atoms with Gasteiger partial charge in [0.25, 0.3) is 0 Å². The lowest BCUT2D eigenvalue weighted by atomic mass is 10.0. The first-order valence-corrected chi connectivity index (χ1v) is 6.31. The summed E-state index contributed by atoms with van der Waals surface area (Å²) < 4.78 is 0. The van der Waals surface area contributed by atoms with E-state index in [0.717, 1.165) is 12.8 Å². The molecule has 0 unspecified atom stereocenters. The minimum Gasteiger partial charge on any atom is -0.476 e. The molecule has 0 saturated carbocycles. The van der Waals surface area contributed by atoms with Crippen LogP contribution in [0.15, 0.2) is 18.3 Å². The van der Waals surface area contributed by atoms with Crippen molar-refractivity contribution >= 4 is 17.7 Å². The predicted octanol–water partition coefficient (Wildman–Crippen LogP) is 2.34. The fourth-order valence-corrected chi connectivity index (χ4v) is 1.66. The maximum Gasteiger partial charge on any atom is 0.356 e. The number of hydrogen-bond acceptors (Lipinski definition) is 3. The number of amides is 2. The Hall–Kier alpha value is -2.11. The Morgan fingerprint density at radius 2 is 2.05 bits per heavy atom. The fraction of sp³-hybridized carbons (Fsp3) is 0.462. The van der Waals surface area contributed by atoms with Crippen molar-refractivity contribution in [3.63, 3.8) is 0 Å². The van der Waals surface area contributed by atoms with Gasteiger partial charge in [0.2, 0.25) is 0 Å². The molecule has 0 radical (unpaired) electrons. The van der Waals surface area contributed by atoms with Crippen LogP contribution in [0.25, 0.3) is 0 Å². The van der Waals surface area contributed by atoms with Gasteiger partial charge in [0.1, 0.15) is 0 Å². The number of hydrogen-bond donors (Lipinski definition) is 3. The van der Waals surface area contributed by atoms with Crippen molar-refractivity contribution in [1.29, 1.82) is 0 Å². The van der Waals surface area contributed by atoms with E-state index in [9.17, 15) is 9.59 Å². The number of aromatic nitrogens is 1. The lowest BCUT2D eigenvalue weighted by Gasteiger charge is -2.14. The Balaban J connectivity index is 2.60. The standard InChI is InChI=1S/C13H19N3O3/c1-3-9(4-2)8-15-13(19)16-10-6-5-7-14-11(10)12(17)18/h5-7,9H,3-4,8H2,1-2H3,(H,17,18)(H2,15,16,19). The van der Waals surface area contributed by atoms with Gasteiger partial charge in [-0.2, -0.15) is 0 Å². The third-order valence-corrected chi connectivity index (χ3v) is 2.96. The Kier molecular flexibility index (Phi) is 5.78. The molecule has 0 saturated heterocycles. The highest BCUT2D eigenvalue weighted by atomic mass is 16.4. The SMILES string of the molecule is CCC(CC)CNC(=O)Nc1cccnc1C(=O)O. The van der Waals surface area contributed by atoms with E-state index in [2.05, 4.69) is 29.5 Å². The molecule has 3 N–H and O–H groups in total. The molecular formula is C13H19N3O3. The van der Waals surface area contributed by atoms with E-state index in [1.807, 2.05) is 0 Å². The third-order valence-electron chi connectivity index (χ3n) is 2.96. The van der Waals surface area contributed by atoms with Gasteiger partial charge in [-0.15, -0.1) is 0 Å². The zero-order valence-electron chi connectivity index (χ0n) is 11.1. The van der Waals surface area contributed by atoms with Crippen LogP contribution in [-0.2, 0) is 0 Å². The van der Waals surface area contributed by atoms with Crippen molar-refractivity contribution in [2.75, 3.05) is 11.9 Å². The molecule has 0 spiro atoms. The number of carboxylic acids is 1. The van der Waals surface area contributed by atoms with E-state index < -0.39 is 12.0 Å². The Bertz CT molecular complexity index is 445. The Labute approximate surface area is 112 Å². The fourth-order valence-electron chi connectivity index (χ4n) is 1.66. The van der Waals surface area contributed by atoms with Crippen molar-refractivity contribution in [3.8, 4) is 0 Å². The van der Waals surface area contributed by atoms with Gasteiger partial charge in [-0.1, -0.05) is 26.7 Å². The molecule has 0 aliphatic rings. The van der Waals surface area contributed by atoms with Gasteiger partial charge >= 0.3 is 12.0 Å². The monoisotopic (exact) mass is 265 g/mol. The van der Waals surface area contributed by atoms with Crippen molar-refractivity contribution < 1.29 is 14.7 Å². The van der Waals surface area contributed by atoms with Crippen molar-refractivity contribution in [2.45, 2.75) is 26.7 Å². The Morgan fingerprint density at radius 1 is 1.37 bits per heavy atom. The van der Waals surface area contributed by atoms with E-state index in [0.29, 0.717) is 12.5 Å². The number of aromatic carboxylic acids is 1. The lowest BCUT2D eigenvalue weighted by molar-refractivity contribution is 0.0692. The molecule has 1 aromatic heterocycles. The molecule has 0 aliphatic carbocycles.